The molecule has 0 bridgehead atoms. The maximum absolute atomic E-state index is 11.8. The van der Waals surface area contributed by atoms with Gasteiger partial charge >= 0.3 is 6.03 Å². The molecule has 1 atom stereocenters. The van der Waals surface area contributed by atoms with Crippen LogP contribution in [0.25, 0.3) is 0 Å². The summed E-state index contributed by atoms with van der Waals surface area (Å²) in [6.45, 7) is 2.70. The first-order valence-electron chi connectivity index (χ1n) is 5.70. The molecule has 0 aromatic rings. The molecule has 1 aliphatic heterocycles. The zero-order valence-corrected chi connectivity index (χ0v) is 11.3. The Morgan fingerprint density at radius 2 is 2.00 bits per heavy atom. The fourth-order valence-electron chi connectivity index (χ4n) is 1.96. The molecule has 1 unspecified atom stereocenters. The Kier molecular flexibility index (Phi) is 5.06. The lowest BCUT2D eigenvalue weighted by atomic mass is 9.95. The molecule has 0 saturated heterocycles. The Labute approximate surface area is 107 Å². The Hall–Kier alpha value is -1.18. The summed E-state index contributed by atoms with van der Waals surface area (Å²) in [7, 11) is 4.66. The van der Waals surface area contributed by atoms with E-state index in [-0.39, 0.29) is 11.9 Å². The molecule has 2 amide bonds. The fraction of sp³-hybridized carbons (Fsp3) is 0.818. The van der Waals surface area contributed by atoms with Crippen molar-refractivity contribution in [2.45, 2.75) is 25.2 Å². The summed E-state index contributed by atoms with van der Waals surface area (Å²) in [6, 6.07) is -0.349. The van der Waals surface area contributed by atoms with Crippen LogP contribution in [0.1, 0.15) is 13.3 Å². The Morgan fingerprint density at radius 3 is 2.50 bits per heavy atom. The molecule has 18 heavy (non-hydrogen) atoms. The number of amides is 2. The molecule has 7 heteroatoms. The SMILES string of the molecule is COCCN1C(=O)N=C(N)C1(C)CC(OC)OC. The van der Waals surface area contributed by atoms with Crippen molar-refractivity contribution in [1.29, 1.82) is 0 Å². The van der Waals surface area contributed by atoms with Crippen molar-refractivity contribution in [2.75, 3.05) is 34.5 Å². The van der Waals surface area contributed by atoms with Crippen molar-refractivity contribution < 1.29 is 19.0 Å². The van der Waals surface area contributed by atoms with Crippen molar-refractivity contribution in [3.8, 4) is 0 Å². The Balaban J connectivity index is 2.85. The first-order valence-corrected chi connectivity index (χ1v) is 5.70. The third-order valence-corrected chi connectivity index (χ3v) is 3.20. The van der Waals surface area contributed by atoms with Crippen LogP contribution < -0.4 is 5.73 Å². The zero-order chi connectivity index (χ0) is 13.8. The van der Waals surface area contributed by atoms with Gasteiger partial charge in [-0.15, -0.1) is 0 Å². The molecular formula is C11H21N3O4. The second-order valence-corrected chi connectivity index (χ2v) is 4.30. The molecule has 104 valence electrons. The summed E-state index contributed by atoms with van der Waals surface area (Å²) in [6.07, 6.45) is -0.0233. The lowest BCUT2D eigenvalue weighted by Crippen LogP contribution is -2.54. The molecule has 7 nitrogen and oxygen atoms in total. The van der Waals surface area contributed by atoms with Crippen LogP contribution in [-0.2, 0) is 14.2 Å². The van der Waals surface area contributed by atoms with E-state index in [2.05, 4.69) is 4.99 Å². The van der Waals surface area contributed by atoms with Crippen LogP contribution >= 0.6 is 0 Å². The van der Waals surface area contributed by atoms with Gasteiger partial charge in [-0.05, 0) is 6.92 Å². The largest absolute Gasteiger partial charge is 0.385 e. The van der Waals surface area contributed by atoms with E-state index in [9.17, 15) is 4.79 Å². The van der Waals surface area contributed by atoms with Crippen LogP contribution in [0.5, 0.6) is 0 Å². The summed E-state index contributed by atoms with van der Waals surface area (Å²) in [4.78, 5) is 17.2. The topological polar surface area (TPSA) is 86.4 Å². The highest BCUT2D eigenvalue weighted by Gasteiger charge is 2.45. The molecule has 1 rings (SSSR count). The lowest BCUT2D eigenvalue weighted by molar-refractivity contribution is -0.118. The number of rotatable bonds is 7. The summed E-state index contributed by atoms with van der Waals surface area (Å²) in [5.74, 6) is 0.280. The van der Waals surface area contributed by atoms with E-state index in [4.69, 9.17) is 19.9 Å². The van der Waals surface area contributed by atoms with E-state index in [0.717, 1.165) is 0 Å². The molecule has 0 fully saturated rings. The van der Waals surface area contributed by atoms with Gasteiger partial charge in [0.2, 0.25) is 0 Å². The number of carbonyl (C=O) groups is 1. The third kappa shape index (κ3) is 2.80. The number of ether oxygens (including phenoxy) is 3. The van der Waals surface area contributed by atoms with Gasteiger partial charge in [-0.3, -0.25) is 0 Å². The number of urea groups is 1. The van der Waals surface area contributed by atoms with Gasteiger partial charge in [0.05, 0.1) is 6.61 Å². The van der Waals surface area contributed by atoms with Crippen molar-refractivity contribution >= 4 is 11.9 Å². The normalized spacial score (nSPS) is 23.9. The molecule has 0 aromatic carbocycles. The van der Waals surface area contributed by atoms with E-state index in [1.807, 2.05) is 6.92 Å². The van der Waals surface area contributed by atoms with E-state index < -0.39 is 11.8 Å². The van der Waals surface area contributed by atoms with Crippen molar-refractivity contribution in [3.63, 3.8) is 0 Å². The van der Waals surface area contributed by atoms with Gasteiger partial charge in [-0.1, -0.05) is 0 Å². The van der Waals surface area contributed by atoms with Gasteiger partial charge in [-0.2, -0.15) is 4.99 Å². The van der Waals surface area contributed by atoms with Crippen molar-refractivity contribution in [1.82, 2.24) is 4.90 Å². The van der Waals surface area contributed by atoms with Gasteiger partial charge < -0.3 is 24.8 Å². The first-order chi connectivity index (χ1) is 8.49. The molecular weight excluding hydrogens is 238 g/mol. The van der Waals surface area contributed by atoms with Crippen LogP contribution in [0.15, 0.2) is 4.99 Å². The number of aliphatic imine (C=N–C) groups is 1. The van der Waals surface area contributed by atoms with E-state index in [1.54, 1.807) is 26.2 Å². The van der Waals surface area contributed by atoms with Gasteiger partial charge in [0.15, 0.2) is 6.29 Å². The molecule has 0 saturated carbocycles. The van der Waals surface area contributed by atoms with Gasteiger partial charge in [-0.25, -0.2) is 4.79 Å². The minimum Gasteiger partial charge on any atom is -0.385 e. The van der Waals surface area contributed by atoms with E-state index >= 15 is 0 Å². The minimum atomic E-state index is -0.702. The molecule has 0 aliphatic carbocycles. The highest BCUT2D eigenvalue weighted by Crippen LogP contribution is 2.28. The van der Waals surface area contributed by atoms with Gasteiger partial charge in [0, 0.05) is 34.3 Å². The highest BCUT2D eigenvalue weighted by molar-refractivity contribution is 6.05. The van der Waals surface area contributed by atoms with Crippen LogP contribution in [0.4, 0.5) is 4.79 Å². The van der Waals surface area contributed by atoms with Gasteiger partial charge in [0.1, 0.15) is 11.4 Å². The number of hydrogen-bond acceptors (Lipinski definition) is 5. The summed E-state index contributed by atoms with van der Waals surface area (Å²) < 4.78 is 15.3. The summed E-state index contributed by atoms with van der Waals surface area (Å²) in [5, 5.41) is 0. The standard InChI is InChI=1S/C11H21N3O4/c1-11(7-8(17-3)18-4)9(12)13-10(15)14(11)5-6-16-2/h8H,5-7H2,1-4H3,(H2,12,13,15). The van der Waals surface area contributed by atoms with Crippen LogP contribution in [0, 0.1) is 0 Å². The molecule has 0 spiro atoms. The predicted octanol–water partition coefficient (Wildman–Crippen LogP) is 0.193. The number of nitrogens with two attached hydrogens (primary N) is 1. The van der Waals surface area contributed by atoms with E-state index in [0.29, 0.717) is 19.6 Å². The quantitative estimate of drug-likeness (QED) is 0.660. The monoisotopic (exact) mass is 259 g/mol. The zero-order valence-electron chi connectivity index (χ0n) is 11.3. The lowest BCUT2D eigenvalue weighted by Gasteiger charge is -2.36. The molecule has 0 aromatic heterocycles. The third-order valence-electron chi connectivity index (χ3n) is 3.20. The molecule has 2 N–H and O–H groups in total. The second kappa shape index (κ2) is 6.12. The first kappa shape index (κ1) is 14.9. The second-order valence-electron chi connectivity index (χ2n) is 4.30. The number of carbonyl (C=O) groups excluding carboxylic acids is 1. The number of amidine groups is 1. The number of methoxy groups -OCH3 is 3. The average molecular weight is 259 g/mol. The fourth-order valence-corrected chi connectivity index (χ4v) is 1.96. The van der Waals surface area contributed by atoms with Crippen LogP contribution in [0.2, 0.25) is 0 Å². The van der Waals surface area contributed by atoms with E-state index in [1.165, 1.54) is 0 Å². The number of nitrogens with zero attached hydrogens (tertiary/aromatic N) is 2. The Morgan fingerprint density at radius 1 is 1.39 bits per heavy atom. The minimum absolute atomic E-state index is 0.280. The Bertz CT molecular complexity index is 330. The molecule has 1 aliphatic rings. The molecule has 0 radical (unpaired) electrons. The summed E-state index contributed by atoms with van der Waals surface area (Å²) >= 11 is 0. The number of hydrogen-bond donors (Lipinski definition) is 1. The predicted molar refractivity (Wildman–Crippen MR) is 66.4 cm³/mol. The average Bonchev–Trinajstić information content (AvgIpc) is 2.55. The van der Waals surface area contributed by atoms with Crippen LogP contribution in [0.3, 0.4) is 0 Å². The van der Waals surface area contributed by atoms with Crippen molar-refractivity contribution in [2.24, 2.45) is 10.7 Å². The summed E-state index contributed by atoms with van der Waals surface area (Å²) in [5.41, 5.74) is 5.16. The maximum atomic E-state index is 11.8. The highest BCUT2D eigenvalue weighted by atomic mass is 16.7. The van der Waals surface area contributed by atoms with Gasteiger partial charge in [0.25, 0.3) is 0 Å². The maximum Gasteiger partial charge on any atom is 0.346 e. The molecule has 1 heterocycles. The van der Waals surface area contributed by atoms with Crippen LogP contribution in [-0.4, -0.2) is 63.1 Å². The van der Waals surface area contributed by atoms with Crippen molar-refractivity contribution in [3.05, 3.63) is 0 Å². The smallest absolute Gasteiger partial charge is 0.346 e.